The minimum Gasteiger partial charge on any atom is -0.481 e. The van der Waals surface area contributed by atoms with Gasteiger partial charge in [0, 0.05) is 19.2 Å². The summed E-state index contributed by atoms with van der Waals surface area (Å²) < 4.78 is 47.1. The summed E-state index contributed by atoms with van der Waals surface area (Å²) in [5, 5.41) is 7.50. The number of nitrogens with one attached hydrogen (secondary N) is 1. The van der Waals surface area contributed by atoms with E-state index in [-0.39, 0.29) is 17.4 Å². The third-order valence-electron chi connectivity index (χ3n) is 6.76. The van der Waals surface area contributed by atoms with Crippen molar-refractivity contribution in [2.75, 3.05) is 26.1 Å². The zero-order valence-electron chi connectivity index (χ0n) is 19.9. The Kier molecular flexibility index (Phi) is 5.83. The zero-order valence-corrected chi connectivity index (χ0v) is 20.7. The lowest BCUT2D eigenvalue weighted by atomic mass is 10.2. The fourth-order valence-corrected chi connectivity index (χ4v) is 5.54. The Hall–Kier alpha value is -3.32. The molecule has 3 heterocycles. The van der Waals surface area contributed by atoms with Crippen molar-refractivity contribution in [3.8, 4) is 23.3 Å². The van der Waals surface area contributed by atoms with Gasteiger partial charge in [0.05, 0.1) is 32.3 Å². The molecule has 0 saturated heterocycles. The second-order valence-electron chi connectivity index (χ2n) is 8.86. The predicted octanol–water partition coefficient (Wildman–Crippen LogP) is 2.39. The van der Waals surface area contributed by atoms with Gasteiger partial charge in [0.25, 0.3) is 0 Å². The number of pyridine rings is 1. The van der Waals surface area contributed by atoms with Crippen LogP contribution in [-0.4, -0.2) is 64.7 Å². The van der Waals surface area contributed by atoms with Crippen molar-refractivity contribution >= 4 is 16.0 Å². The highest BCUT2D eigenvalue weighted by molar-refractivity contribution is 7.93. The van der Waals surface area contributed by atoms with E-state index in [1.54, 1.807) is 19.1 Å². The van der Waals surface area contributed by atoms with Crippen LogP contribution in [0.15, 0.2) is 30.6 Å². The summed E-state index contributed by atoms with van der Waals surface area (Å²) in [5.74, 6) is 1.41. The topological polar surface area (TPSA) is 143 Å². The number of ether oxygens (including phenoxy) is 3. The lowest BCUT2D eigenvalue weighted by Gasteiger charge is -2.22. The number of nitrogens with zero attached hydrogens (tertiary/aromatic N) is 6. The van der Waals surface area contributed by atoms with Crippen molar-refractivity contribution in [3.63, 3.8) is 0 Å². The summed E-state index contributed by atoms with van der Waals surface area (Å²) in [5.41, 5.74) is 1.13. The number of aromatic nitrogens is 6. The molecule has 1 N–H and O–H groups in total. The summed E-state index contributed by atoms with van der Waals surface area (Å²) >= 11 is 0. The third-order valence-corrected chi connectivity index (χ3v) is 8.45. The Bertz CT molecular complexity index is 1320. The fourth-order valence-electron chi connectivity index (χ4n) is 4.39. The van der Waals surface area contributed by atoms with Crippen LogP contribution in [0.4, 0.5) is 5.95 Å². The fraction of sp³-hybridized carbons (Fsp3) is 0.500. The van der Waals surface area contributed by atoms with E-state index in [0.717, 1.165) is 19.3 Å². The first-order chi connectivity index (χ1) is 16.8. The van der Waals surface area contributed by atoms with Crippen molar-refractivity contribution in [3.05, 3.63) is 36.3 Å². The molecule has 2 aliphatic carbocycles. The lowest BCUT2D eigenvalue weighted by molar-refractivity contribution is 0.0984. The highest BCUT2D eigenvalue weighted by Gasteiger charge is 2.65. The third kappa shape index (κ3) is 4.29. The molecule has 3 atom stereocenters. The largest absolute Gasteiger partial charge is 0.481 e. The average molecular weight is 502 g/mol. The smallest absolute Gasteiger partial charge is 0.240 e. The summed E-state index contributed by atoms with van der Waals surface area (Å²) in [6.45, 7) is 1.55. The number of anilines is 1. The Morgan fingerprint density at radius 2 is 1.86 bits per heavy atom. The van der Waals surface area contributed by atoms with E-state index in [9.17, 15) is 8.42 Å². The molecule has 2 aliphatic rings. The van der Waals surface area contributed by atoms with Gasteiger partial charge in [-0.15, -0.1) is 10.2 Å². The van der Waals surface area contributed by atoms with Crippen molar-refractivity contribution in [2.45, 2.75) is 43.6 Å². The average Bonchev–Trinajstić information content (AvgIpc) is 3.77. The predicted molar refractivity (Wildman–Crippen MR) is 125 cm³/mol. The second-order valence-corrected chi connectivity index (χ2v) is 10.9. The molecule has 35 heavy (non-hydrogen) atoms. The summed E-state index contributed by atoms with van der Waals surface area (Å²) in [7, 11) is 0.488. The van der Waals surface area contributed by atoms with Crippen LogP contribution in [0.1, 0.15) is 44.0 Å². The number of hydrogen-bond acceptors (Lipinski definition) is 10. The number of hydrogen-bond donors (Lipinski definition) is 1. The van der Waals surface area contributed by atoms with E-state index in [1.807, 2.05) is 10.6 Å². The second kappa shape index (κ2) is 8.72. The van der Waals surface area contributed by atoms with E-state index in [1.165, 1.54) is 33.7 Å². The molecule has 0 aliphatic heterocycles. The van der Waals surface area contributed by atoms with Gasteiger partial charge in [-0.3, -0.25) is 14.3 Å². The van der Waals surface area contributed by atoms with Crippen LogP contribution >= 0.6 is 0 Å². The zero-order chi connectivity index (χ0) is 24.8. The maximum atomic E-state index is 13.4. The standard InChI is InChI=1S/C22H27N7O5S/c1-13(19(34-4)15-11-24-18(33-3)12-23-15)35(30,31)28-21-27-26-20(14-6-5-7-17(25-14)32-2)29(21)16-10-22(16)8-9-22/h5-7,11-13,16,19H,8-10H2,1-4H3,(H,27,28)/t13-,16+,19-/m0/s1. The monoisotopic (exact) mass is 501 g/mol. The summed E-state index contributed by atoms with van der Waals surface area (Å²) in [4.78, 5) is 12.8. The molecule has 3 aromatic rings. The first-order valence-electron chi connectivity index (χ1n) is 11.2. The molecule has 5 rings (SSSR count). The molecular formula is C22H27N7O5S. The maximum Gasteiger partial charge on any atom is 0.240 e. The normalized spacial score (nSPS) is 19.7. The van der Waals surface area contributed by atoms with Crippen molar-refractivity contribution in [2.24, 2.45) is 5.41 Å². The van der Waals surface area contributed by atoms with Crippen molar-refractivity contribution < 1.29 is 22.6 Å². The Labute approximate surface area is 203 Å². The number of sulfonamides is 1. The minimum atomic E-state index is -3.96. The highest BCUT2D eigenvalue weighted by atomic mass is 32.2. The molecule has 13 heteroatoms. The lowest BCUT2D eigenvalue weighted by Crippen LogP contribution is -2.33. The molecule has 1 spiro atoms. The molecule has 0 bridgehead atoms. The quantitative estimate of drug-likeness (QED) is 0.440. The van der Waals surface area contributed by atoms with Gasteiger partial charge in [-0.25, -0.2) is 18.4 Å². The molecule has 0 amide bonds. The van der Waals surface area contributed by atoms with E-state index in [2.05, 4.69) is 29.9 Å². The van der Waals surface area contributed by atoms with Gasteiger partial charge in [-0.1, -0.05) is 6.07 Å². The van der Waals surface area contributed by atoms with Gasteiger partial charge < -0.3 is 14.2 Å². The van der Waals surface area contributed by atoms with Crippen molar-refractivity contribution in [1.82, 2.24) is 29.7 Å². The highest BCUT2D eigenvalue weighted by Crippen LogP contribution is 2.73. The molecule has 0 unspecified atom stereocenters. The van der Waals surface area contributed by atoms with Crippen molar-refractivity contribution in [1.29, 1.82) is 0 Å². The van der Waals surface area contributed by atoms with Gasteiger partial charge in [0.1, 0.15) is 17.0 Å². The summed E-state index contributed by atoms with van der Waals surface area (Å²) in [6.07, 6.45) is 5.15. The SMILES string of the molecule is COc1cnc([C@@H](OC)[C@H](C)S(=O)(=O)Nc2nnc(-c3cccc(OC)n3)n2[C@@H]2CC23CC3)cn1. The first kappa shape index (κ1) is 23.4. The van der Waals surface area contributed by atoms with Gasteiger partial charge in [0.15, 0.2) is 5.82 Å². The van der Waals surface area contributed by atoms with Gasteiger partial charge >= 0.3 is 0 Å². The molecule has 12 nitrogen and oxygen atoms in total. The molecule has 3 aromatic heterocycles. The number of rotatable bonds is 10. The van der Waals surface area contributed by atoms with Crippen LogP contribution in [0.3, 0.4) is 0 Å². The van der Waals surface area contributed by atoms with Gasteiger partial charge in [-0.05, 0) is 37.7 Å². The van der Waals surface area contributed by atoms with Crippen LogP contribution in [0.5, 0.6) is 11.8 Å². The number of methoxy groups -OCH3 is 3. The molecule has 0 aromatic carbocycles. The van der Waals surface area contributed by atoms with Gasteiger partial charge in [-0.2, -0.15) is 0 Å². The molecular weight excluding hydrogens is 474 g/mol. The molecule has 0 radical (unpaired) electrons. The van der Waals surface area contributed by atoms with E-state index >= 15 is 0 Å². The van der Waals surface area contributed by atoms with Crippen LogP contribution in [0.2, 0.25) is 0 Å². The first-order valence-corrected chi connectivity index (χ1v) is 12.7. The van der Waals surface area contributed by atoms with Crippen LogP contribution in [-0.2, 0) is 14.8 Å². The van der Waals surface area contributed by atoms with Crippen LogP contribution in [0.25, 0.3) is 11.5 Å². The van der Waals surface area contributed by atoms with Crippen LogP contribution < -0.4 is 14.2 Å². The van der Waals surface area contributed by atoms with E-state index in [4.69, 9.17) is 14.2 Å². The maximum absolute atomic E-state index is 13.4. The Morgan fingerprint density at radius 3 is 2.46 bits per heavy atom. The molecule has 186 valence electrons. The Balaban J connectivity index is 1.46. The van der Waals surface area contributed by atoms with Gasteiger partial charge in [0.2, 0.25) is 27.7 Å². The van der Waals surface area contributed by atoms with E-state index < -0.39 is 21.4 Å². The summed E-state index contributed by atoms with van der Waals surface area (Å²) in [6, 6.07) is 5.46. The Morgan fingerprint density at radius 1 is 1.09 bits per heavy atom. The molecule has 2 saturated carbocycles. The van der Waals surface area contributed by atoms with Crippen LogP contribution in [0, 0.1) is 5.41 Å². The minimum absolute atomic E-state index is 0.110. The van der Waals surface area contributed by atoms with E-state index in [0.29, 0.717) is 29.0 Å². The molecule has 2 fully saturated rings.